The normalized spacial score (nSPS) is 10.0. The van der Waals surface area contributed by atoms with Gasteiger partial charge in [-0.25, -0.2) is 0 Å². The van der Waals surface area contributed by atoms with Crippen LogP contribution in [0.25, 0.3) is 0 Å². The number of carbonyl (C=O) groups excluding carboxylic acids is 1. The Morgan fingerprint density at radius 1 is 1.14 bits per heavy atom. The van der Waals surface area contributed by atoms with Crippen molar-refractivity contribution in [2.75, 3.05) is 19.5 Å². The smallest absolute Gasteiger partial charge is 0.248 e. The highest BCUT2D eigenvalue weighted by atomic mass is 16.5. The molecule has 6 heteroatoms. The van der Waals surface area contributed by atoms with Crippen molar-refractivity contribution in [2.45, 2.75) is 6.42 Å². The molecule has 21 heavy (non-hydrogen) atoms. The van der Waals surface area contributed by atoms with Gasteiger partial charge < -0.3 is 19.8 Å². The van der Waals surface area contributed by atoms with Crippen molar-refractivity contribution in [3.63, 3.8) is 0 Å². The zero-order valence-electron chi connectivity index (χ0n) is 11.8. The molecule has 0 atom stereocenters. The third-order valence-corrected chi connectivity index (χ3v) is 2.88. The Hall–Kier alpha value is -2.76. The lowest BCUT2D eigenvalue weighted by Gasteiger charge is -2.09. The number of carbonyl (C=O) groups is 1. The number of H-pyrrole nitrogens is 1. The highest BCUT2D eigenvalue weighted by molar-refractivity contribution is 5.92. The van der Waals surface area contributed by atoms with Crippen molar-refractivity contribution < 1.29 is 14.3 Å². The lowest BCUT2D eigenvalue weighted by Crippen LogP contribution is -2.15. The van der Waals surface area contributed by atoms with E-state index in [0.717, 1.165) is 5.56 Å². The molecule has 0 aliphatic heterocycles. The standard InChI is InChI=1S/C15H16N2O4/c1-20-12-5-3-10(7-13(12)21-2)8-15(19)17-11-4-6-14(18)16-9-11/h3-7,9H,8H2,1-2H3,(H,16,18)(H,17,19). The number of ether oxygens (including phenoxy) is 2. The quantitative estimate of drug-likeness (QED) is 0.875. The van der Waals surface area contributed by atoms with Gasteiger partial charge in [-0.1, -0.05) is 6.07 Å². The average Bonchev–Trinajstić information content (AvgIpc) is 2.49. The van der Waals surface area contributed by atoms with Gasteiger partial charge in [0.05, 0.1) is 26.3 Å². The fourth-order valence-electron chi connectivity index (χ4n) is 1.87. The van der Waals surface area contributed by atoms with Gasteiger partial charge in [-0.2, -0.15) is 0 Å². The van der Waals surface area contributed by atoms with E-state index in [9.17, 15) is 9.59 Å². The molecule has 0 saturated carbocycles. The Morgan fingerprint density at radius 3 is 2.52 bits per heavy atom. The van der Waals surface area contributed by atoms with Crippen molar-refractivity contribution in [3.8, 4) is 11.5 Å². The summed E-state index contributed by atoms with van der Waals surface area (Å²) in [6, 6.07) is 8.21. The second-order valence-corrected chi connectivity index (χ2v) is 4.36. The fraction of sp³-hybridized carbons (Fsp3) is 0.200. The monoisotopic (exact) mass is 288 g/mol. The predicted octanol–water partition coefficient (Wildman–Crippen LogP) is 1.57. The first-order chi connectivity index (χ1) is 10.1. The molecule has 0 aliphatic rings. The summed E-state index contributed by atoms with van der Waals surface area (Å²) in [6.45, 7) is 0. The van der Waals surface area contributed by atoms with E-state index < -0.39 is 0 Å². The molecule has 2 aromatic rings. The maximum Gasteiger partial charge on any atom is 0.248 e. The van der Waals surface area contributed by atoms with Crippen molar-refractivity contribution in [1.82, 2.24) is 4.98 Å². The number of hydrogen-bond acceptors (Lipinski definition) is 4. The highest BCUT2D eigenvalue weighted by Gasteiger charge is 2.08. The molecule has 0 radical (unpaired) electrons. The van der Waals surface area contributed by atoms with Gasteiger partial charge in [0.15, 0.2) is 11.5 Å². The number of anilines is 1. The molecule has 0 unspecified atom stereocenters. The van der Waals surface area contributed by atoms with Crippen LogP contribution in [-0.4, -0.2) is 25.1 Å². The number of aromatic amines is 1. The minimum absolute atomic E-state index is 0.186. The second kappa shape index (κ2) is 6.60. The van der Waals surface area contributed by atoms with E-state index in [0.29, 0.717) is 17.2 Å². The van der Waals surface area contributed by atoms with E-state index in [4.69, 9.17) is 9.47 Å². The minimum atomic E-state index is -0.215. The van der Waals surface area contributed by atoms with Crippen LogP contribution in [0.1, 0.15) is 5.56 Å². The number of methoxy groups -OCH3 is 2. The van der Waals surface area contributed by atoms with Crippen LogP contribution in [0.3, 0.4) is 0 Å². The summed E-state index contributed by atoms with van der Waals surface area (Å²) >= 11 is 0. The van der Waals surface area contributed by atoms with Crippen molar-refractivity contribution in [1.29, 1.82) is 0 Å². The maximum absolute atomic E-state index is 11.9. The molecule has 0 aliphatic carbocycles. The molecule has 1 amide bonds. The number of aromatic nitrogens is 1. The maximum atomic E-state index is 11.9. The summed E-state index contributed by atoms with van der Waals surface area (Å²) in [7, 11) is 3.10. The first kappa shape index (κ1) is 14.6. The molecular formula is C15H16N2O4. The zero-order valence-corrected chi connectivity index (χ0v) is 11.8. The number of hydrogen-bond donors (Lipinski definition) is 2. The molecule has 0 saturated heterocycles. The molecule has 110 valence electrons. The minimum Gasteiger partial charge on any atom is -0.493 e. The summed E-state index contributed by atoms with van der Waals surface area (Å²) in [6.07, 6.45) is 1.65. The molecule has 0 spiro atoms. The van der Waals surface area contributed by atoms with Crippen LogP contribution in [-0.2, 0) is 11.2 Å². The van der Waals surface area contributed by atoms with E-state index in [1.165, 1.54) is 12.3 Å². The van der Waals surface area contributed by atoms with Gasteiger partial charge in [-0.05, 0) is 23.8 Å². The van der Waals surface area contributed by atoms with Gasteiger partial charge in [-0.15, -0.1) is 0 Å². The molecular weight excluding hydrogens is 272 g/mol. The Morgan fingerprint density at radius 2 is 1.90 bits per heavy atom. The van der Waals surface area contributed by atoms with Crippen LogP contribution < -0.4 is 20.3 Å². The van der Waals surface area contributed by atoms with Crippen LogP contribution in [0.2, 0.25) is 0 Å². The molecule has 6 nitrogen and oxygen atoms in total. The van der Waals surface area contributed by atoms with Gasteiger partial charge in [0.2, 0.25) is 11.5 Å². The van der Waals surface area contributed by atoms with Gasteiger partial charge in [0, 0.05) is 12.3 Å². The zero-order chi connectivity index (χ0) is 15.2. The summed E-state index contributed by atoms with van der Waals surface area (Å²) < 4.78 is 10.3. The highest BCUT2D eigenvalue weighted by Crippen LogP contribution is 2.27. The number of pyridine rings is 1. The Balaban J connectivity index is 2.05. The molecule has 2 rings (SSSR count). The molecule has 1 aromatic carbocycles. The molecule has 2 N–H and O–H groups in total. The van der Waals surface area contributed by atoms with Crippen LogP contribution in [0.4, 0.5) is 5.69 Å². The van der Waals surface area contributed by atoms with E-state index in [1.807, 2.05) is 0 Å². The molecule has 1 heterocycles. The van der Waals surface area contributed by atoms with Crippen molar-refractivity contribution >= 4 is 11.6 Å². The van der Waals surface area contributed by atoms with Gasteiger partial charge >= 0.3 is 0 Å². The van der Waals surface area contributed by atoms with Crippen LogP contribution in [0, 0.1) is 0 Å². The van der Waals surface area contributed by atoms with Crippen molar-refractivity contribution in [2.24, 2.45) is 0 Å². The molecule has 0 bridgehead atoms. The third kappa shape index (κ3) is 3.85. The number of benzene rings is 1. The number of nitrogens with one attached hydrogen (secondary N) is 2. The van der Waals surface area contributed by atoms with E-state index in [1.54, 1.807) is 38.5 Å². The Kier molecular flexibility index (Phi) is 4.61. The van der Waals surface area contributed by atoms with E-state index in [2.05, 4.69) is 10.3 Å². The second-order valence-electron chi connectivity index (χ2n) is 4.36. The van der Waals surface area contributed by atoms with Crippen LogP contribution in [0.15, 0.2) is 41.3 Å². The summed E-state index contributed by atoms with van der Waals surface area (Å²) in [5, 5.41) is 2.70. The number of amides is 1. The average molecular weight is 288 g/mol. The van der Waals surface area contributed by atoms with E-state index in [-0.39, 0.29) is 17.9 Å². The summed E-state index contributed by atoms with van der Waals surface area (Å²) in [5.74, 6) is 1.00. The molecule has 1 aromatic heterocycles. The summed E-state index contributed by atoms with van der Waals surface area (Å²) in [5.41, 5.74) is 1.13. The van der Waals surface area contributed by atoms with Crippen LogP contribution in [0.5, 0.6) is 11.5 Å². The largest absolute Gasteiger partial charge is 0.493 e. The fourth-order valence-corrected chi connectivity index (χ4v) is 1.87. The lowest BCUT2D eigenvalue weighted by molar-refractivity contribution is -0.115. The summed E-state index contributed by atoms with van der Waals surface area (Å²) in [4.78, 5) is 25.4. The van der Waals surface area contributed by atoms with Gasteiger partial charge in [-0.3, -0.25) is 9.59 Å². The predicted molar refractivity (Wildman–Crippen MR) is 78.9 cm³/mol. The third-order valence-electron chi connectivity index (χ3n) is 2.88. The first-order valence-corrected chi connectivity index (χ1v) is 6.32. The van der Waals surface area contributed by atoms with Gasteiger partial charge in [0.1, 0.15) is 0 Å². The molecule has 0 fully saturated rings. The van der Waals surface area contributed by atoms with Crippen LogP contribution >= 0.6 is 0 Å². The Bertz CT molecular complexity index is 674. The first-order valence-electron chi connectivity index (χ1n) is 6.32. The van der Waals surface area contributed by atoms with Gasteiger partial charge in [0.25, 0.3) is 0 Å². The Labute approximate surface area is 121 Å². The van der Waals surface area contributed by atoms with Crippen molar-refractivity contribution in [3.05, 3.63) is 52.4 Å². The lowest BCUT2D eigenvalue weighted by atomic mass is 10.1. The topological polar surface area (TPSA) is 80.4 Å². The number of rotatable bonds is 5. The van der Waals surface area contributed by atoms with E-state index >= 15 is 0 Å². The SMILES string of the molecule is COc1ccc(CC(=O)Nc2ccc(=O)[nH]c2)cc1OC.